The summed E-state index contributed by atoms with van der Waals surface area (Å²) in [6, 6.07) is 0. The number of hydrogen-bond acceptors (Lipinski definition) is 9. The second-order valence-corrected chi connectivity index (χ2v) is 16.1. The van der Waals surface area contributed by atoms with Crippen molar-refractivity contribution in [2.24, 2.45) is 17.8 Å². The Morgan fingerprint density at radius 1 is 0.881 bits per heavy atom. The minimum Gasteiger partial charge on any atom is -0.487 e. The summed E-state index contributed by atoms with van der Waals surface area (Å²) < 4.78 is 43.5. The number of esters is 1. The predicted molar refractivity (Wildman–Crippen MR) is 165 cm³/mol. The Morgan fingerprint density at radius 3 is 2.02 bits per heavy atom. The summed E-state index contributed by atoms with van der Waals surface area (Å²) in [6.45, 7) is 17.3. The fraction of sp³-hybridized carbons (Fsp3) is 0.774. The lowest BCUT2D eigenvalue weighted by molar-refractivity contribution is -0.137. The van der Waals surface area contributed by atoms with E-state index in [-0.39, 0.29) is 18.4 Å². The quantitative estimate of drug-likeness (QED) is 0.0535. The lowest BCUT2D eigenvalue weighted by Gasteiger charge is -2.38. The first kappa shape index (κ1) is 36.7. The topological polar surface area (TPSA) is 129 Å². The van der Waals surface area contributed by atoms with Gasteiger partial charge in [-0.25, -0.2) is 10.5 Å². The van der Waals surface area contributed by atoms with E-state index in [1.54, 1.807) is 0 Å². The molecule has 0 bridgehead atoms. The minimum atomic E-state index is -2.82. The zero-order valence-corrected chi connectivity index (χ0v) is 28.5. The van der Waals surface area contributed by atoms with E-state index in [1.165, 1.54) is 32.1 Å². The second kappa shape index (κ2) is 17.1. The first-order valence-corrected chi connectivity index (χ1v) is 17.8. The second-order valence-electron chi connectivity index (χ2n) is 12.9. The molecule has 5 atom stereocenters. The Bertz CT molecular complexity index is 1070. The van der Waals surface area contributed by atoms with Crippen molar-refractivity contribution in [1.82, 2.24) is 0 Å². The average molecular weight is 631 g/mol. The SMILES string of the molecule is Cc1c(C)c2c(c(C)c1OC(=O)CCC([P+](=O)OO)[P+](=O)OO)CCC(C)(CCCC(C)CCC(C)CCC(C)C)O2. The van der Waals surface area contributed by atoms with Crippen molar-refractivity contribution in [2.75, 3.05) is 0 Å². The molecule has 0 saturated carbocycles. The molecular formula is C31H52O9P2+2. The van der Waals surface area contributed by atoms with E-state index in [9.17, 15) is 13.9 Å². The molecule has 11 heteroatoms. The van der Waals surface area contributed by atoms with Crippen LogP contribution in [0.1, 0.15) is 121 Å². The highest BCUT2D eigenvalue weighted by Crippen LogP contribution is 2.48. The molecule has 1 heterocycles. The molecule has 1 aliphatic heterocycles. The molecule has 9 nitrogen and oxygen atoms in total. The Morgan fingerprint density at radius 2 is 1.45 bits per heavy atom. The van der Waals surface area contributed by atoms with Crippen LogP contribution in [0, 0.1) is 38.5 Å². The van der Waals surface area contributed by atoms with Gasteiger partial charge in [-0.1, -0.05) is 59.8 Å². The van der Waals surface area contributed by atoms with E-state index in [2.05, 4.69) is 44.0 Å². The van der Waals surface area contributed by atoms with Crippen molar-refractivity contribution in [3.05, 3.63) is 22.3 Å². The minimum absolute atomic E-state index is 0.233. The number of benzene rings is 1. The summed E-state index contributed by atoms with van der Waals surface area (Å²) in [7, 11) is -5.63. The number of fused-ring (bicyclic) bond motifs is 1. The van der Waals surface area contributed by atoms with Gasteiger partial charge in [-0.2, -0.15) is 0 Å². The maximum absolute atomic E-state index is 12.7. The molecule has 1 aliphatic rings. The van der Waals surface area contributed by atoms with Gasteiger partial charge in [0.15, 0.2) is 0 Å². The highest BCUT2D eigenvalue weighted by atomic mass is 31.2. The highest BCUT2D eigenvalue weighted by molar-refractivity contribution is 7.58. The van der Waals surface area contributed by atoms with Gasteiger partial charge >= 0.3 is 27.4 Å². The van der Waals surface area contributed by atoms with Gasteiger partial charge in [0.25, 0.3) is 0 Å². The fourth-order valence-electron chi connectivity index (χ4n) is 5.72. The van der Waals surface area contributed by atoms with Gasteiger partial charge in [-0.15, -0.1) is 0 Å². The Balaban J connectivity index is 1.99. The van der Waals surface area contributed by atoms with Gasteiger partial charge in [0.05, 0.1) is 12.8 Å². The largest absolute Gasteiger partial charge is 0.598 e. The molecule has 0 aromatic heterocycles. The van der Waals surface area contributed by atoms with Gasteiger partial charge in [0.1, 0.15) is 17.1 Å². The standard InChI is InChI=1S/C31H50O9P2/c1-20(2)11-12-22(4)14-13-21(3)10-9-18-31(8)19-17-26-25(7)29(23(5)24(6)30(26)38-31)37-27(32)15-16-28(41(35)39-33)42(36)40-34/h20-22,28H,9-19H2,1-8H3/p+2. The van der Waals surface area contributed by atoms with Gasteiger partial charge in [-0.05, 0) is 97.0 Å². The molecule has 0 saturated heterocycles. The smallest absolute Gasteiger partial charge is 0.487 e. The molecule has 1 aromatic rings. The van der Waals surface area contributed by atoms with Crippen molar-refractivity contribution >= 4 is 22.0 Å². The van der Waals surface area contributed by atoms with Crippen LogP contribution in [0.15, 0.2) is 0 Å². The van der Waals surface area contributed by atoms with Crippen LogP contribution in [-0.2, 0) is 29.7 Å². The van der Waals surface area contributed by atoms with Crippen LogP contribution in [-0.4, -0.2) is 27.5 Å². The molecule has 0 radical (unpaired) electrons. The number of hydrogen-bond donors (Lipinski definition) is 2. The van der Waals surface area contributed by atoms with Crippen LogP contribution in [0.3, 0.4) is 0 Å². The fourth-order valence-corrected chi connectivity index (χ4v) is 7.49. The molecule has 2 N–H and O–H groups in total. The van der Waals surface area contributed by atoms with Gasteiger partial charge in [-0.3, -0.25) is 4.79 Å². The van der Waals surface area contributed by atoms with Gasteiger partial charge < -0.3 is 9.47 Å². The summed E-state index contributed by atoms with van der Waals surface area (Å²) in [5, 5.41) is 16.0. The van der Waals surface area contributed by atoms with Crippen molar-refractivity contribution in [1.29, 1.82) is 0 Å². The Kier molecular flexibility index (Phi) is 15.0. The Hall–Kier alpha value is -1.47. The zero-order chi connectivity index (χ0) is 31.6. The molecule has 0 aliphatic carbocycles. The number of rotatable bonds is 18. The van der Waals surface area contributed by atoms with Gasteiger partial charge in [0.2, 0.25) is 0 Å². The van der Waals surface area contributed by atoms with E-state index < -0.39 is 27.4 Å². The summed E-state index contributed by atoms with van der Waals surface area (Å²) >= 11 is 0. The molecule has 0 spiro atoms. The lowest BCUT2D eigenvalue weighted by atomic mass is 9.83. The van der Waals surface area contributed by atoms with E-state index in [1.807, 2.05) is 20.8 Å². The van der Waals surface area contributed by atoms with Gasteiger partial charge in [0, 0.05) is 14.9 Å². The van der Waals surface area contributed by atoms with Crippen LogP contribution >= 0.6 is 16.1 Å². The molecule has 42 heavy (non-hydrogen) atoms. The van der Waals surface area contributed by atoms with Crippen molar-refractivity contribution in [3.63, 3.8) is 0 Å². The molecule has 0 fully saturated rings. The van der Waals surface area contributed by atoms with Crippen molar-refractivity contribution < 1.29 is 43.3 Å². The first-order valence-electron chi connectivity index (χ1n) is 15.3. The maximum Gasteiger partial charge on any atom is 0.598 e. The monoisotopic (exact) mass is 630 g/mol. The number of ether oxygens (including phenoxy) is 2. The third-order valence-corrected chi connectivity index (χ3v) is 11.8. The molecule has 0 amide bonds. The molecule has 5 unspecified atom stereocenters. The van der Waals surface area contributed by atoms with Crippen LogP contribution < -0.4 is 9.47 Å². The predicted octanol–water partition coefficient (Wildman–Crippen LogP) is 9.83. The average Bonchev–Trinajstić information content (AvgIpc) is 2.95. The summed E-state index contributed by atoms with van der Waals surface area (Å²) in [5.41, 5.74) is 3.36. The van der Waals surface area contributed by atoms with E-state index in [4.69, 9.17) is 20.0 Å². The van der Waals surface area contributed by atoms with Crippen molar-refractivity contribution in [2.45, 2.75) is 137 Å². The third-order valence-electron chi connectivity index (χ3n) is 8.83. The van der Waals surface area contributed by atoms with Crippen LogP contribution in [0.2, 0.25) is 0 Å². The first-order chi connectivity index (χ1) is 19.7. The van der Waals surface area contributed by atoms with E-state index >= 15 is 0 Å². The molecular weight excluding hydrogens is 578 g/mol. The van der Waals surface area contributed by atoms with Crippen LogP contribution in [0.4, 0.5) is 0 Å². The normalized spacial score (nSPS) is 19.5. The van der Waals surface area contributed by atoms with E-state index in [0.29, 0.717) is 11.7 Å². The maximum atomic E-state index is 12.7. The summed E-state index contributed by atoms with van der Waals surface area (Å²) in [5.74, 6) is 2.98. The van der Waals surface area contributed by atoms with E-state index in [0.717, 1.165) is 65.5 Å². The highest BCUT2D eigenvalue weighted by Gasteiger charge is 2.53. The lowest BCUT2D eigenvalue weighted by Crippen LogP contribution is -2.37. The zero-order valence-electron chi connectivity index (χ0n) is 26.7. The summed E-state index contributed by atoms with van der Waals surface area (Å²) in [4.78, 5) is 12.7. The van der Waals surface area contributed by atoms with Crippen LogP contribution in [0.5, 0.6) is 11.5 Å². The van der Waals surface area contributed by atoms with Crippen LogP contribution in [0.25, 0.3) is 0 Å². The number of carbonyl (C=O) groups is 1. The van der Waals surface area contributed by atoms with Crippen molar-refractivity contribution in [3.8, 4) is 11.5 Å². The number of carbonyl (C=O) groups excluding carboxylic acids is 1. The molecule has 1 aromatic carbocycles. The molecule has 238 valence electrons. The Labute approximate surface area is 253 Å². The third kappa shape index (κ3) is 10.6. The summed E-state index contributed by atoms with van der Waals surface area (Å²) in [6.07, 6.45) is 9.73. The molecule has 2 rings (SSSR count).